The molecule has 158 valence electrons. The Balaban J connectivity index is 1.33. The van der Waals surface area contributed by atoms with E-state index in [4.69, 9.17) is 9.47 Å². The summed E-state index contributed by atoms with van der Waals surface area (Å²) in [5, 5.41) is 3.25. The maximum absolute atomic E-state index is 12.0. The van der Waals surface area contributed by atoms with Gasteiger partial charge in [-0.3, -0.25) is 4.79 Å². The fourth-order valence-corrected chi connectivity index (χ4v) is 3.76. The van der Waals surface area contributed by atoms with Gasteiger partial charge in [-0.2, -0.15) is 0 Å². The number of ether oxygens (including phenoxy) is 2. The van der Waals surface area contributed by atoms with Gasteiger partial charge >= 0.3 is 6.09 Å². The van der Waals surface area contributed by atoms with Crippen molar-refractivity contribution in [3.63, 3.8) is 0 Å². The molecule has 0 unspecified atom stereocenters. The number of nitrogens with zero attached hydrogens (tertiary/aromatic N) is 3. The molecule has 0 bridgehead atoms. The van der Waals surface area contributed by atoms with Crippen LogP contribution in [0.2, 0.25) is 0 Å². The normalized spacial score (nSPS) is 16.5. The second kappa shape index (κ2) is 8.69. The first-order chi connectivity index (χ1) is 14.5. The van der Waals surface area contributed by atoms with Gasteiger partial charge in [0, 0.05) is 49.7 Å². The molecule has 1 aromatic carbocycles. The summed E-state index contributed by atoms with van der Waals surface area (Å²) >= 11 is 0. The lowest BCUT2D eigenvalue weighted by Gasteiger charge is -2.31. The van der Waals surface area contributed by atoms with Gasteiger partial charge in [0.15, 0.2) is 5.78 Å². The van der Waals surface area contributed by atoms with Crippen LogP contribution in [0.4, 0.5) is 16.3 Å². The second-order valence-corrected chi connectivity index (χ2v) is 7.90. The van der Waals surface area contributed by atoms with E-state index in [1.165, 1.54) is 6.33 Å². The van der Waals surface area contributed by atoms with Gasteiger partial charge in [-0.1, -0.05) is 0 Å². The van der Waals surface area contributed by atoms with E-state index < -0.39 is 0 Å². The molecular formula is C22H26N4O4. The number of carbonyl (C=O) groups excluding carboxylic acids is 2. The fraction of sp³-hybridized carbons (Fsp3) is 0.455. The lowest BCUT2D eigenvalue weighted by Crippen LogP contribution is -2.42. The van der Waals surface area contributed by atoms with Gasteiger partial charge in [-0.15, -0.1) is 0 Å². The van der Waals surface area contributed by atoms with Gasteiger partial charge < -0.3 is 19.7 Å². The van der Waals surface area contributed by atoms with Crippen LogP contribution >= 0.6 is 0 Å². The zero-order valence-corrected chi connectivity index (χ0v) is 17.3. The smallest absolute Gasteiger partial charge is 0.410 e. The molecule has 1 aliphatic heterocycles. The maximum Gasteiger partial charge on any atom is 0.410 e. The van der Waals surface area contributed by atoms with E-state index in [2.05, 4.69) is 15.3 Å². The molecule has 8 heteroatoms. The first-order valence-electron chi connectivity index (χ1n) is 10.4. The summed E-state index contributed by atoms with van der Waals surface area (Å²) in [5.74, 6) is 1.33. The van der Waals surface area contributed by atoms with Crippen molar-refractivity contribution in [3.05, 3.63) is 41.7 Å². The van der Waals surface area contributed by atoms with Gasteiger partial charge in [0.2, 0.25) is 5.88 Å². The van der Waals surface area contributed by atoms with Crippen LogP contribution in [-0.2, 0) is 11.2 Å². The Bertz CT molecular complexity index is 938. The topological polar surface area (TPSA) is 93.7 Å². The highest BCUT2D eigenvalue weighted by Crippen LogP contribution is 2.27. The molecule has 1 amide bonds. The summed E-state index contributed by atoms with van der Waals surface area (Å²) < 4.78 is 11.3. The van der Waals surface area contributed by atoms with E-state index in [-0.39, 0.29) is 24.1 Å². The first-order valence-corrected chi connectivity index (χ1v) is 10.4. The molecule has 0 saturated carbocycles. The third kappa shape index (κ3) is 4.69. The Hall–Kier alpha value is -3.16. The molecule has 0 radical (unpaired) electrons. The number of Topliss-reactive ketones (excluding diaryl/α,β-unsaturated/α-hetero) is 1. The van der Waals surface area contributed by atoms with Gasteiger partial charge in [-0.05, 0) is 44.0 Å². The number of benzene rings is 1. The average molecular weight is 410 g/mol. The summed E-state index contributed by atoms with van der Waals surface area (Å²) in [7, 11) is 0. The van der Waals surface area contributed by atoms with Crippen molar-refractivity contribution in [3.8, 4) is 5.88 Å². The Morgan fingerprint density at radius 2 is 1.97 bits per heavy atom. The molecule has 8 nitrogen and oxygen atoms in total. The molecule has 1 N–H and O–H groups in total. The van der Waals surface area contributed by atoms with Crippen LogP contribution < -0.4 is 10.1 Å². The molecule has 1 saturated heterocycles. The summed E-state index contributed by atoms with van der Waals surface area (Å²) in [4.78, 5) is 34.0. The number of carbonyl (C=O) groups is 2. The highest BCUT2D eigenvalue weighted by molar-refractivity contribution is 6.00. The second-order valence-electron chi connectivity index (χ2n) is 7.90. The molecule has 1 aromatic heterocycles. The summed E-state index contributed by atoms with van der Waals surface area (Å²) in [6, 6.07) is 7.51. The molecule has 0 atom stereocenters. The SMILES string of the molecule is CC(C)OC(=O)N1CCC(Oc2cc(Nc3ccc4c(c3)CCC4=O)ncn2)CC1. The van der Waals surface area contributed by atoms with Crippen molar-refractivity contribution in [1.29, 1.82) is 0 Å². The molecule has 30 heavy (non-hydrogen) atoms. The number of nitrogens with one attached hydrogen (secondary N) is 1. The first kappa shape index (κ1) is 20.1. The third-order valence-corrected chi connectivity index (χ3v) is 5.27. The molecule has 2 heterocycles. The molecule has 2 aromatic rings. The predicted molar refractivity (Wildman–Crippen MR) is 111 cm³/mol. The number of hydrogen-bond acceptors (Lipinski definition) is 7. The molecule has 1 fully saturated rings. The number of hydrogen-bond donors (Lipinski definition) is 1. The zero-order valence-electron chi connectivity index (χ0n) is 17.3. The summed E-state index contributed by atoms with van der Waals surface area (Å²) in [5.41, 5.74) is 2.76. The molecular weight excluding hydrogens is 384 g/mol. The van der Waals surface area contributed by atoms with Crippen LogP contribution in [0, 0.1) is 0 Å². The monoisotopic (exact) mass is 410 g/mol. The Morgan fingerprint density at radius 1 is 1.17 bits per heavy atom. The van der Waals surface area contributed by atoms with Crippen molar-refractivity contribution < 1.29 is 19.1 Å². The minimum absolute atomic E-state index is 0.0122. The van der Waals surface area contributed by atoms with E-state index in [1.54, 1.807) is 11.0 Å². The molecule has 4 rings (SSSR count). The number of aromatic nitrogens is 2. The number of likely N-dealkylation sites (tertiary alicyclic amines) is 1. The standard InChI is InChI=1S/C22H26N4O4/c1-14(2)29-22(28)26-9-7-17(8-10-26)30-21-12-20(23-13-24-21)25-16-4-5-18-15(11-16)3-6-19(18)27/h4-5,11-14,17H,3,6-10H2,1-2H3,(H,23,24,25). The maximum atomic E-state index is 12.0. The summed E-state index contributed by atoms with van der Waals surface area (Å²) in [6.07, 6.45) is 3.87. The van der Waals surface area contributed by atoms with Crippen LogP contribution in [0.25, 0.3) is 0 Å². The highest BCUT2D eigenvalue weighted by atomic mass is 16.6. The third-order valence-electron chi connectivity index (χ3n) is 5.27. The number of rotatable bonds is 5. The molecule has 1 aliphatic carbocycles. The van der Waals surface area contributed by atoms with Crippen LogP contribution in [0.3, 0.4) is 0 Å². The highest BCUT2D eigenvalue weighted by Gasteiger charge is 2.26. The van der Waals surface area contributed by atoms with E-state index >= 15 is 0 Å². The lowest BCUT2D eigenvalue weighted by molar-refractivity contribution is 0.0507. The Labute approximate surface area is 175 Å². The van der Waals surface area contributed by atoms with Crippen molar-refractivity contribution >= 4 is 23.4 Å². The zero-order chi connectivity index (χ0) is 21.1. The quantitative estimate of drug-likeness (QED) is 0.802. The lowest BCUT2D eigenvalue weighted by atomic mass is 10.1. The van der Waals surface area contributed by atoms with Crippen molar-refractivity contribution in [2.75, 3.05) is 18.4 Å². The van der Waals surface area contributed by atoms with E-state index in [1.807, 2.05) is 32.0 Å². The van der Waals surface area contributed by atoms with Gasteiger partial charge in [0.25, 0.3) is 0 Å². The van der Waals surface area contributed by atoms with Crippen LogP contribution in [0.15, 0.2) is 30.6 Å². The van der Waals surface area contributed by atoms with Crippen molar-refractivity contribution in [2.45, 2.75) is 51.7 Å². The minimum Gasteiger partial charge on any atom is -0.474 e. The Kier molecular flexibility index (Phi) is 5.83. The molecule has 2 aliphatic rings. The number of aryl methyl sites for hydroxylation is 1. The Morgan fingerprint density at radius 3 is 2.73 bits per heavy atom. The molecule has 0 spiro atoms. The number of anilines is 2. The number of fused-ring (bicyclic) bond motifs is 1. The van der Waals surface area contributed by atoms with E-state index in [9.17, 15) is 9.59 Å². The number of amides is 1. The number of piperidine rings is 1. The minimum atomic E-state index is -0.270. The van der Waals surface area contributed by atoms with Crippen LogP contribution in [0.1, 0.15) is 49.0 Å². The van der Waals surface area contributed by atoms with Crippen molar-refractivity contribution in [2.24, 2.45) is 0 Å². The van der Waals surface area contributed by atoms with Crippen LogP contribution in [-0.4, -0.2) is 52.0 Å². The van der Waals surface area contributed by atoms with Gasteiger partial charge in [0.05, 0.1) is 6.10 Å². The van der Waals surface area contributed by atoms with Gasteiger partial charge in [0.1, 0.15) is 18.2 Å². The fourth-order valence-electron chi connectivity index (χ4n) is 3.76. The average Bonchev–Trinajstić information content (AvgIpc) is 3.08. The van der Waals surface area contributed by atoms with Crippen molar-refractivity contribution in [1.82, 2.24) is 14.9 Å². The van der Waals surface area contributed by atoms with E-state index in [0.29, 0.717) is 31.2 Å². The predicted octanol–water partition coefficient (Wildman–Crippen LogP) is 3.74. The van der Waals surface area contributed by atoms with E-state index in [0.717, 1.165) is 36.1 Å². The van der Waals surface area contributed by atoms with Gasteiger partial charge in [-0.25, -0.2) is 14.8 Å². The summed E-state index contributed by atoms with van der Waals surface area (Å²) in [6.45, 7) is 4.88. The van der Waals surface area contributed by atoms with Crippen LogP contribution in [0.5, 0.6) is 5.88 Å². The number of ketones is 1. The largest absolute Gasteiger partial charge is 0.474 e.